The molecule has 37 heavy (non-hydrogen) atoms. The van der Waals surface area contributed by atoms with E-state index < -0.39 is 23.5 Å². The number of aromatic nitrogens is 1. The van der Waals surface area contributed by atoms with Gasteiger partial charge in [-0.3, -0.25) is 9.59 Å². The Morgan fingerprint density at radius 2 is 1.95 bits per heavy atom. The Labute approximate surface area is 221 Å². The molecule has 0 radical (unpaired) electrons. The number of amides is 2. The molecule has 2 amide bonds. The zero-order chi connectivity index (χ0) is 26.5. The Morgan fingerprint density at radius 1 is 1.22 bits per heavy atom. The van der Waals surface area contributed by atoms with Crippen molar-refractivity contribution in [2.24, 2.45) is 10.9 Å². The van der Waals surface area contributed by atoms with E-state index in [1.165, 1.54) is 10.4 Å². The topological polar surface area (TPSA) is 96.0 Å². The van der Waals surface area contributed by atoms with Crippen molar-refractivity contribution in [1.29, 1.82) is 0 Å². The van der Waals surface area contributed by atoms with Gasteiger partial charge in [-0.15, -0.1) is 11.3 Å². The van der Waals surface area contributed by atoms with E-state index in [4.69, 9.17) is 4.52 Å². The Hall–Kier alpha value is -3.10. The summed E-state index contributed by atoms with van der Waals surface area (Å²) in [6.45, 7) is 9.98. The number of rotatable bonds is 6. The van der Waals surface area contributed by atoms with E-state index in [9.17, 15) is 14.7 Å². The second-order valence-electron chi connectivity index (χ2n) is 10.9. The molecule has 7 nitrogen and oxygen atoms in total. The largest absolute Gasteiger partial charge is 0.391 e. The maximum Gasteiger partial charge on any atom is 0.256 e. The van der Waals surface area contributed by atoms with Gasteiger partial charge in [-0.05, 0) is 54.8 Å². The zero-order valence-electron chi connectivity index (χ0n) is 21.9. The van der Waals surface area contributed by atoms with Crippen molar-refractivity contribution in [3.63, 3.8) is 0 Å². The van der Waals surface area contributed by atoms with E-state index in [1.54, 1.807) is 22.3 Å². The molecule has 1 fully saturated rings. The molecule has 1 N–H and O–H groups in total. The summed E-state index contributed by atoms with van der Waals surface area (Å²) >= 11 is 1.70. The van der Waals surface area contributed by atoms with Crippen LogP contribution in [0.15, 0.2) is 51.3 Å². The van der Waals surface area contributed by atoms with Crippen molar-refractivity contribution < 1.29 is 19.2 Å². The predicted molar refractivity (Wildman–Crippen MR) is 144 cm³/mol. The normalized spacial score (nSPS) is 24.7. The van der Waals surface area contributed by atoms with Crippen LogP contribution in [0.25, 0.3) is 10.4 Å². The van der Waals surface area contributed by atoms with Crippen LogP contribution in [0.4, 0.5) is 0 Å². The number of benzene rings is 1. The van der Waals surface area contributed by atoms with Gasteiger partial charge >= 0.3 is 0 Å². The molecule has 0 saturated carbocycles. The lowest BCUT2D eigenvalue weighted by Gasteiger charge is -2.30. The fourth-order valence-electron chi connectivity index (χ4n) is 5.62. The number of likely N-dealkylation sites (tertiary alicyclic amines) is 1. The number of nitrogens with zero attached hydrogens (tertiary/aromatic N) is 3. The van der Waals surface area contributed by atoms with Crippen molar-refractivity contribution in [2.75, 3.05) is 6.54 Å². The summed E-state index contributed by atoms with van der Waals surface area (Å²) in [7, 11) is 0. The number of hydrogen-bond donors (Lipinski definition) is 1. The maximum absolute atomic E-state index is 13.8. The van der Waals surface area contributed by atoms with Crippen LogP contribution in [0, 0.1) is 19.8 Å². The molecule has 194 valence electrons. The lowest BCUT2D eigenvalue weighted by Crippen LogP contribution is -2.44. The molecule has 1 aromatic carbocycles. The molecule has 0 spiro atoms. The molecule has 0 aliphatic carbocycles. The number of thiophene rings is 1. The van der Waals surface area contributed by atoms with Crippen molar-refractivity contribution in [3.05, 3.63) is 64.4 Å². The minimum absolute atomic E-state index is 0.0267. The molecular formula is C29H33N3O4S. The molecule has 0 bridgehead atoms. The second kappa shape index (κ2) is 9.65. The standard InChI is InChI=1S/C29H33N3O4S/c1-16(2)25(24-12-18(4)31-36-24)27(34)32-15-21(33)13-23(32)22-14-29(5,28(35)30-22)20-8-6-19(7-9-20)26-17(3)10-11-37-26/h6-12,16,21,23,25,33H,13-15H2,1-5H3/t21-,23-,25+,29+/m1/s1. The minimum Gasteiger partial charge on any atom is -0.391 e. The van der Waals surface area contributed by atoms with Crippen molar-refractivity contribution in [2.45, 2.75) is 70.9 Å². The van der Waals surface area contributed by atoms with Crippen LogP contribution in [-0.4, -0.2) is 51.4 Å². The van der Waals surface area contributed by atoms with E-state index in [1.807, 2.05) is 39.8 Å². The summed E-state index contributed by atoms with van der Waals surface area (Å²) in [4.78, 5) is 34.5. The fraction of sp³-hybridized carbons (Fsp3) is 0.448. The van der Waals surface area contributed by atoms with Crippen LogP contribution < -0.4 is 0 Å². The number of carbonyl (C=O) groups excluding carboxylic acids is 2. The first-order valence-corrected chi connectivity index (χ1v) is 13.6. The van der Waals surface area contributed by atoms with Gasteiger partial charge in [0.2, 0.25) is 5.91 Å². The predicted octanol–water partition coefficient (Wildman–Crippen LogP) is 5.05. The fourth-order valence-corrected chi connectivity index (χ4v) is 6.56. The third kappa shape index (κ3) is 4.57. The molecule has 3 aromatic rings. The lowest BCUT2D eigenvalue weighted by atomic mass is 9.78. The van der Waals surface area contributed by atoms with Gasteiger partial charge in [-0.2, -0.15) is 0 Å². The average Bonchev–Trinajstić information content (AvgIpc) is 3.62. The number of β-amino-alcohol motifs (C(OH)–C–C–N with tert-alkyl or cyclic N) is 1. The van der Waals surface area contributed by atoms with E-state index in [2.05, 4.69) is 40.7 Å². The SMILES string of the molecule is Cc1cc([C@@H](C(=O)N2C[C@H](O)C[C@@H]2C2=NC(=O)[C@](C)(c3ccc(-c4sccc4C)cc3)C2)C(C)C)on1. The highest BCUT2D eigenvalue weighted by atomic mass is 32.1. The first-order chi connectivity index (χ1) is 17.6. The van der Waals surface area contributed by atoms with Gasteiger partial charge < -0.3 is 14.5 Å². The van der Waals surface area contributed by atoms with Gasteiger partial charge in [0.1, 0.15) is 11.7 Å². The molecule has 8 heteroatoms. The van der Waals surface area contributed by atoms with Crippen LogP contribution in [0.3, 0.4) is 0 Å². The van der Waals surface area contributed by atoms with E-state index in [0.717, 1.165) is 11.1 Å². The highest BCUT2D eigenvalue weighted by Crippen LogP contribution is 2.40. The minimum atomic E-state index is -0.805. The Morgan fingerprint density at radius 3 is 2.54 bits per heavy atom. The number of aliphatic hydroxyl groups is 1. The van der Waals surface area contributed by atoms with E-state index in [-0.39, 0.29) is 24.3 Å². The van der Waals surface area contributed by atoms with Crippen molar-refractivity contribution in [1.82, 2.24) is 10.1 Å². The van der Waals surface area contributed by atoms with Crippen LogP contribution in [0.5, 0.6) is 0 Å². The maximum atomic E-state index is 13.8. The molecule has 1 saturated heterocycles. The van der Waals surface area contributed by atoms with E-state index >= 15 is 0 Å². The first kappa shape index (κ1) is 25.5. The van der Waals surface area contributed by atoms with Gasteiger partial charge in [0.15, 0.2) is 0 Å². The van der Waals surface area contributed by atoms with Gasteiger partial charge in [-0.25, -0.2) is 4.99 Å². The third-order valence-corrected chi connectivity index (χ3v) is 8.80. The van der Waals surface area contributed by atoms with Crippen LogP contribution in [-0.2, 0) is 15.0 Å². The lowest BCUT2D eigenvalue weighted by molar-refractivity contribution is -0.134. The summed E-state index contributed by atoms with van der Waals surface area (Å²) in [6.07, 6.45) is 0.110. The Bertz CT molecular complexity index is 1360. The number of carbonyl (C=O) groups is 2. The molecule has 2 aliphatic rings. The zero-order valence-corrected chi connectivity index (χ0v) is 22.7. The first-order valence-electron chi connectivity index (χ1n) is 12.8. The average molecular weight is 520 g/mol. The highest BCUT2D eigenvalue weighted by molar-refractivity contribution is 7.13. The third-order valence-electron chi connectivity index (χ3n) is 7.73. The second-order valence-corrected chi connectivity index (χ2v) is 11.8. The summed E-state index contributed by atoms with van der Waals surface area (Å²) < 4.78 is 5.46. The summed E-state index contributed by atoms with van der Waals surface area (Å²) in [5, 5.41) is 16.6. The number of aliphatic hydroxyl groups excluding tert-OH is 1. The monoisotopic (exact) mass is 519 g/mol. The van der Waals surface area contributed by atoms with Gasteiger partial charge in [0.05, 0.1) is 23.3 Å². The summed E-state index contributed by atoms with van der Waals surface area (Å²) in [5.41, 5.74) is 3.84. The molecular weight excluding hydrogens is 486 g/mol. The molecule has 4 heterocycles. The Balaban J connectivity index is 1.39. The van der Waals surface area contributed by atoms with Gasteiger partial charge in [0.25, 0.3) is 5.91 Å². The van der Waals surface area contributed by atoms with Crippen molar-refractivity contribution in [3.8, 4) is 10.4 Å². The Kier molecular flexibility index (Phi) is 6.66. The number of hydrogen-bond acceptors (Lipinski definition) is 6. The molecule has 2 aliphatic heterocycles. The summed E-state index contributed by atoms with van der Waals surface area (Å²) in [5.74, 6) is -0.366. The van der Waals surface area contributed by atoms with Gasteiger partial charge in [-0.1, -0.05) is 43.3 Å². The number of aliphatic imine (C=N–C) groups is 1. The molecule has 5 rings (SSSR count). The molecule has 2 aromatic heterocycles. The van der Waals surface area contributed by atoms with Crippen LogP contribution >= 0.6 is 11.3 Å². The van der Waals surface area contributed by atoms with Gasteiger partial charge in [0, 0.05) is 36.0 Å². The number of aryl methyl sites for hydroxylation is 2. The van der Waals surface area contributed by atoms with Crippen LogP contribution in [0.2, 0.25) is 0 Å². The quantitative estimate of drug-likeness (QED) is 0.492. The smallest absolute Gasteiger partial charge is 0.256 e. The molecule has 0 unspecified atom stereocenters. The summed E-state index contributed by atoms with van der Waals surface area (Å²) in [6, 6.07) is 11.6. The molecule has 4 atom stereocenters. The van der Waals surface area contributed by atoms with Crippen molar-refractivity contribution >= 4 is 28.9 Å². The van der Waals surface area contributed by atoms with E-state index in [0.29, 0.717) is 30.0 Å². The highest BCUT2D eigenvalue weighted by Gasteiger charge is 2.48. The van der Waals surface area contributed by atoms with Crippen LogP contribution in [0.1, 0.15) is 62.1 Å².